The highest BCUT2D eigenvalue weighted by Crippen LogP contribution is 2.41. The SMILES string of the molecule is CCCCCCCCCCC(C)(CCCO)C(C)(N)Cl. The smallest absolute Gasteiger partial charge is 0.0936 e. The zero-order valence-corrected chi connectivity index (χ0v) is 14.6. The molecule has 0 spiro atoms. The van der Waals surface area contributed by atoms with Crippen molar-refractivity contribution in [1.29, 1.82) is 0 Å². The van der Waals surface area contributed by atoms with Crippen LogP contribution >= 0.6 is 11.6 Å². The highest BCUT2D eigenvalue weighted by atomic mass is 35.5. The molecule has 3 heteroatoms. The third kappa shape index (κ3) is 8.49. The normalized spacial score (nSPS) is 17.7. The number of aliphatic hydroxyl groups excluding tert-OH is 1. The van der Waals surface area contributed by atoms with Gasteiger partial charge in [0.2, 0.25) is 0 Å². The summed E-state index contributed by atoms with van der Waals surface area (Å²) in [6.07, 6.45) is 13.3. The third-order valence-corrected chi connectivity index (χ3v) is 5.11. The van der Waals surface area contributed by atoms with Gasteiger partial charge >= 0.3 is 0 Å². The summed E-state index contributed by atoms with van der Waals surface area (Å²) >= 11 is 6.37. The number of hydrogen-bond donors (Lipinski definition) is 2. The van der Waals surface area contributed by atoms with Gasteiger partial charge in [-0.25, -0.2) is 0 Å². The second-order valence-corrected chi connectivity index (χ2v) is 7.47. The highest BCUT2D eigenvalue weighted by Gasteiger charge is 2.38. The standard InChI is InChI=1S/C17H36ClNO/c1-4-5-6-7-8-9-10-11-13-16(2,14-12-15-20)17(3,18)19/h20H,4-15,19H2,1-3H3. The lowest BCUT2D eigenvalue weighted by Gasteiger charge is -2.40. The lowest BCUT2D eigenvalue weighted by atomic mass is 9.74. The van der Waals surface area contributed by atoms with Gasteiger partial charge in [0, 0.05) is 6.61 Å². The fourth-order valence-corrected chi connectivity index (χ4v) is 2.92. The minimum atomic E-state index is -0.691. The minimum absolute atomic E-state index is 0.0838. The third-order valence-electron chi connectivity index (χ3n) is 4.65. The molecule has 20 heavy (non-hydrogen) atoms. The van der Waals surface area contributed by atoms with Crippen molar-refractivity contribution in [2.24, 2.45) is 11.1 Å². The van der Waals surface area contributed by atoms with Gasteiger partial charge in [-0.05, 0) is 31.6 Å². The number of aliphatic hydroxyl groups is 1. The first kappa shape index (κ1) is 20.2. The van der Waals surface area contributed by atoms with Crippen molar-refractivity contribution >= 4 is 11.6 Å². The first-order chi connectivity index (χ1) is 9.37. The monoisotopic (exact) mass is 305 g/mol. The van der Waals surface area contributed by atoms with Gasteiger partial charge in [0.1, 0.15) is 0 Å². The van der Waals surface area contributed by atoms with Crippen molar-refractivity contribution in [3.63, 3.8) is 0 Å². The Balaban J connectivity index is 3.86. The summed E-state index contributed by atoms with van der Waals surface area (Å²) in [6.45, 7) is 6.54. The average molecular weight is 306 g/mol. The molecule has 0 saturated carbocycles. The number of halogens is 1. The van der Waals surface area contributed by atoms with Crippen molar-refractivity contribution in [3.8, 4) is 0 Å². The maximum atomic E-state index is 9.02. The van der Waals surface area contributed by atoms with Crippen LogP contribution in [0.1, 0.15) is 91.4 Å². The van der Waals surface area contributed by atoms with Gasteiger partial charge in [-0.15, -0.1) is 11.6 Å². The summed E-state index contributed by atoms with van der Waals surface area (Å²) in [7, 11) is 0. The van der Waals surface area contributed by atoms with E-state index in [4.69, 9.17) is 22.4 Å². The largest absolute Gasteiger partial charge is 0.396 e. The van der Waals surface area contributed by atoms with Crippen molar-refractivity contribution in [3.05, 3.63) is 0 Å². The van der Waals surface area contributed by atoms with E-state index in [0.29, 0.717) is 0 Å². The summed E-state index contributed by atoms with van der Waals surface area (Å²) in [4.78, 5) is -0.691. The number of unbranched alkanes of at least 4 members (excludes halogenated alkanes) is 7. The second-order valence-electron chi connectivity index (χ2n) is 6.69. The molecule has 2 nitrogen and oxygen atoms in total. The molecule has 2 atom stereocenters. The molecule has 0 saturated heterocycles. The predicted molar refractivity (Wildman–Crippen MR) is 90.1 cm³/mol. The summed E-state index contributed by atoms with van der Waals surface area (Å²) in [6, 6.07) is 0. The van der Waals surface area contributed by atoms with Crippen LogP contribution in [-0.4, -0.2) is 16.7 Å². The van der Waals surface area contributed by atoms with Gasteiger partial charge in [0.25, 0.3) is 0 Å². The Bertz CT molecular complexity index is 228. The number of nitrogens with two attached hydrogens (primary N) is 1. The lowest BCUT2D eigenvalue weighted by Crippen LogP contribution is -2.47. The van der Waals surface area contributed by atoms with Crippen LogP contribution in [0.3, 0.4) is 0 Å². The zero-order chi connectivity index (χ0) is 15.5. The van der Waals surface area contributed by atoms with Crippen molar-refractivity contribution in [2.75, 3.05) is 6.61 Å². The van der Waals surface area contributed by atoms with E-state index in [1.54, 1.807) is 0 Å². The molecule has 0 bridgehead atoms. The summed E-state index contributed by atoms with van der Waals surface area (Å²) in [5.74, 6) is 0. The second kappa shape index (κ2) is 10.9. The van der Waals surface area contributed by atoms with Crippen LogP contribution in [-0.2, 0) is 0 Å². The maximum absolute atomic E-state index is 9.02. The van der Waals surface area contributed by atoms with Crippen molar-refractivity contribution in [1.82, 2.24) is 0 Å². The highest BCUT2D eigenvalue weighted by molar-refractivity contribution is 6.23. The lowest BCUT2D eigenvalue weighted by molar-refractivity contribution is 0.163. The molecule has 0 amide bonds. The van der Waals surface area contributed by atoms with E-state index in [0.717, 1.165) is 19.3 Å². The summed E-state index contributed by atoms with van der Waals surface area (Å²) in [5.41, 5.74) is 6.05. The molecule has 0 fully saturated rings. The van der Waals surface area contributed by atoms with Crippen LogP contribution in [0.2, 0.25) is 0 Å². The minimum Gasteiger partial charge on any atom is -0.396 e. The first-order valence-electron chi connectivity index (χ1n) is 8.46. The van der Waals surface area contributed by atoms with E-state index in [1.807, 2.05) is 6.92 Å². The fourth-order valence-electron chi connectivity index (χ4n) is 2.73. The molecule has 0 rings (SSSR count). The average Bonchev–Trinajstić information content (AvgIpc) is 2.38. The van der Waals surface area contributed by atoms with Gasteiger partial charge in [-0.2, -0.15) is 0 Å². The van der Waals surface area contributed by atoms with Crippen LogP contribution in [0.4, 0.5) is 0 Å². The molecule has 0 aliphatic rings. The van der Waals surface area contributed by atoms with Crippen LogP contribution in [0.5, 0.6) is 0 Å². The van der Waals surface area contributed by atoms with Crippen molar-refractivity contribution < 1.29 is 5.11 Å². The van der Waals surface area contributed by atoms with E-state index in [9.17, 15) is 0 Å². The van der Waals surface area contributed by atoms with Gasteiger partial charge in [0.15, 0.2) is 0 Å². The molecular weight excluding hydrogens is 270 g/mol. The summed E-state index contributed by atoms with van der Waals surface area (Å²) in [5, 5.41) is 9.02. The van der Waals surface area contributed by atoms with E-state index in [1.165, 1.54) is 51.4 Å². The first-order valence-corrected chi connectivity index (χ1v) is 8.84. The Morgan fingerprint density at radius 3 is 1.75 bits per heavy atom. The molecule has 0 radical (unpaired) electrons. The van der Waals surface area contributed by atoms with Crippen LogP contribution in [0, 0.1) is 5.41 Å². The van der Waals surface area contributed by atoms with E-state index < -0.39 is 5.00 Å². The van der Waals surface area contributed by atoms with Gasteiger partial charge in [0.05, 0.1) is 5.00 Å². The van der Waals surface area contributed by atoms with Gasteiger partial charge in [-0.3, -0.25) is 0 Å². The topological polar surface area (TPSA) is 46.2 Å². The van der Waals surface area contributed by atoms with E-state index in [-0.39, 0.29) is 12.0 Å². The fraction of sp³-hybridized carbons (Fsp3) is 1.00. The molecule has 0 heterocycles. The quantitative estimate of drug-likeness (QED) is 0.279. The Labute approximate surface area is 131 Å². The van der Waals surface area contributed by atoms with Crippen LogP contribution in [0.25, 0.3) is 0 Å². The number of alkyl halides is 1. The number of hydrogen-bond acceptors (Lipinski definition) is 2. The molecular formula is C17H36ClNO. The molecule has 0 aromatic heterocycles. The van der Waals surface area contributed by atoms with E-state index >= 15 is 0 Å². The molecule has 0 aromatic carbocycles. The Hall–Kier alpha value is 0.210. The van der Waals surface area contributed by atoms with E-state index in [2.05, 4.69) is 13.8 Å². The molecule has 0 aliphatic heterocycles. The van der Waals surface area contributed by atoms with Gasteiger partial charge in [-0.1, -0.05) is 65.2 Å². The number of rotatable bonds is 13. The Kier molecular flexibility index (Phi) is 11.0. The molecule has 2 unspecified atom stereocenters. The predicted octanol–water partition coefficient (Wildman–Crippen LogP) is 5.21. The molecule has 122 valence electrons. The molecule has 0 aromatic rings. The van der Waals surface area contributed by atoms with Crippen molar-refractivity contribution in [2.45, 2.75) is 96.4 Å². The Morgan fingerprint density at radius 2 is 1.30 bits per heavy atom. The Morgan fingerprint density at radius 1 is 0.850 bits per heavy atom. The maximum Gasteiger partial charge on any atom is 0.0936 e. The zero-order valence-electron chi connectivity index (χ0n) is 13.9. The van der Waals surface area contributed by atoms with Crippen LogP contribution in [0.15, 0.2) is 0 Å². The molecule has 0 aliphatic carbocycles. The van der Waals surface area contributed by atoms with Crippen LogP contribution < -0.4 is 5.73 Å². The molecule has 3 N–H and O–H groups in total. The van der Waals surface area contributed by atoms with Gasteiger partial charge < -0.3 is 10.8 Å². The summed E-state index contributed by atoms with van der Waals surface area (Å²) < 4.78 is 0.